The third kappa shape index (κ3) is 11.9. The van der Waals surface area contributed by atoms with Gasteiger partial charge in [0.15, 0.2) is 0 Å². The lowest BCUT2D eigenvalue weighted by atomic mass is 10.2. The minimum absolute atomic E-state index is 0.526. The van der Waals surface area contributed by atoms with Crippen LogP contribution in [0, 0.1) is 0 Å². The van der Waals surface area contributed by atoms with Gasteiger partial charge in [-0.3, -0.25) is 0 Å². The van der Waals surface area contributed by atoms with E-state index in [1.807, 2.05) is 0 Å². The van der Waals surface area contributed by atoms with E-state index < -0.39 is 31.6 Å². The molecule has 74 valence electrons. The molecule has 0 aliphatic carbocycles. The Balaban J connectivity index is 0. The molecule has 0 bridgehead atoms. The SMILES string of the molecule is O=C(O)O.OCC(O)C(O)CO. The van der Waals surface area contributed by atoms with Gasteiger partial charge in [0.05, 0.1) is 13.2 Å². The lowest BCUT2D eigenvalue weighted by Crippen LogP contribution is -2.31. The second-order valence-corrected chi connectivity index (χ2v) is 1.78. The first-order chi connectivity index (χ1) is 5.45. The number of hydrogen-bond acceptors (Lipinski definition) is 5. The summed E-state index contributed by atoms with van der Waals surface area (Å²) in [5.74, 6) is 0. The fourth-order valence-electron chi connectivity index (χ4n) is 0.243. The summed E-state index contributed by atoms with van der Waals surface area (Å²) in [6.45, 7) is -1.05. The van der Waals surface area contributed by atoms with Gasteiger partial charge in [-0.25, -0.2) is 4.79 Å². The van der Waals surface area contributed by atoms with Gasteiger partial charge in [0, 0.05) is 0 Å². The Kier molecular flexibility index (Phi) is 9.36. The minimum atomic E-state index is -1.83. The molecule has 0 saturated carbocycles. The number of hydrogen-bond donors (Lipinski definition) is 6. The summed E-state index contributed by atoms with van der Waals surface area (Å²) in [4.78, 5) is 8.56. The van der Waals surface area contributed by atoms with Crippen LogP contribution >= 0.6 is 0 Å². The van der Waals surface area contributed by atoms with E-state index in [0.717, 1.165) is 0 Å². The normalized spacial score (nSPS) is 14.0. The molecule has 0 aromatic carbocycles. The van der Waals surface area contributed by atoms with Crippen LogP contribution in [0.15, 0.2) is 0 Å². The molecule has 0 amide bonds. The van der Waals surface area contributed by atoms with E-state index in [1.54, 1.807) is 0 Å². The van der Waals surface area contributed by atoms with Crippen molar-refractivity contribution in [2.24, 2.45) is 0 Å². The van der Waals surface area contributed by atoms with Crippen molar-refractivity contribution in [1.29, 1.82) is 0 Å². The van der Waals surface area contributed by atoms with Gasteiger partial charge in [-0.05, 0) is 0 Å². The first kappa shape index (κ1) is 13.7. The summed E-state index contributed by atoms with van der Waals surface area (Å²) in [6, 6.07) is 0. The molecule has 0 rings (SSSR count). The summed E-state index contributed by atoms with van der Waals surface area (Å²) in [5, 5.41) is 47.1. The number of aliphatic hydroxyl groups is 4. The van der Waals surface area contributed by atoms with Crippen molar-refractivity contribution in [1.82, 2.24) is 0 Å². The smallest absolute Gasteiger partial charge is 0.450 e. The monoisotopic (exact) mass is 184 g/mol. The average Bonchev–Trinajstić information content (AvgIpc) is 2.00. The Bertz CT molecular complexity index is 102. The molecule has 7 heteroatoms. The van der Waals surface area contributed by atoms with Gasteiger partial charge in [0.2, 0.25) is 0 Å². The van der Waals surface area contributed by atoms with Crippen LogP contribution in [0.3, 0.4) is 0 Å². The van der Waals surface area contributed by atoms with Crippen LogP contribution in [-0.4, -0.2) is 62.2 Å². The van der Waals surface area contributed by atoms with Gasteiger partial charge in [0.25, 0.3) is 0 Å². The maximum Gasteiger partial charge on any atom is 0.503 e. The Morgan fingerprint density at radius 3 is 1.25 bits per heavy atom. The van der Waals surface area contributed by atoms with E-state index in [0.29, 0.717) is 0 Å². The Hall–Kier alpha value is -0.890. The molecule has 0 fully saturated rings. The zero-order valence-corrected chi connectivity index (χ0v) is 6.16. The lowest BCUT2D eigenvalue weighted by molar-refractivity contribution is -0.0388. The third-order valence-corrected chi connectivity index (χ3v) is 0.818. The molecule has 0 saturated heterocycles. The molecule has 0 aromatic heterocycles. The molecule has 0 aromatic rings. The maximum absolute atomic E-state index is 8.56. The predicted octanol–water partition coefficient (Wildman–Crippen LogP) is -2.08. The van der Waals surface area contributed by atoms with E-state index in [1.165, 1.54) is 0 Å². The van der Waals surface area contributed by atoms with Gasteiger partial charge in [-0.1, -0.05) is 0 Å². The van der Waals surface area contributed by atoms with Crippen molar-refractivity contribution in [2.45, 2.75) is 12.2 Å². The molecule has 2 unspecified atom stereocenters. The zero-order valence-electron chi connectivity index (χ0n) is 6.16. The molecule has 12 heavy (non-hydrogen) atoms. The molecule has 0 aliphatic heterocycles. The fourth-order valence-corrected chi connectivity index (χ4v) is 0.243. The Labute approximate surface area is 68.1 Å². The molecular weight excluding hydrogens is 172 g/mol. The summed E-state index contributed by atoms with van der Waals surface area (Å²) >= 11 is 0. The molecule has 0 aliphatic rings. The van der Waals surface area contributed by atoms with E-state index in [9.17, 15) is 0 Å². The average molecular weight is 184 g/mol. The van der Waals surface area contributed by atoms with Crippen LogP contribution in [0.4, 0.5) is 4.79 Å². The van der Waals surface area contributed by atoms with Crippen molar-refractivity contribution >= 4 is 6.16 Å². The number of carboxylic acid groups (broad SMARTS) is 2. The van der Waals surface area contributed by atoms with Crippen LogP contribution < -0.4 is 0 Å². The van der Waals surface area contributed by atoms with Crippen LogP contribution in [-0.2, 0) is 0 Å². The van der Waals surface area contributed by atoms with Crippen molar-refractivity contribution in [3.63, 3.8) is 0 Å². The molecular formula is C5H12O7. The predicted molar refractivity (Wildman–Crippen MR) is 36.8 cm³/mol. The largest absolute Gasteiger partial charge is 0.503 e. The first-order valence-corrected chi connectivity index (χ1v) is 2.95. The standard InChI is InChI=1S/C4H10O4.CH2O3/c5-1-3(7)4(8)2-6;2-1(3)4/h3-8H,1-2H2;(H2,2,3,4). The highest BCUT2D eigenvalue weighted by Gasteiger charge is 2.12. The van der Waals surface area contributed by atoms with Gasteiger partial charge in [-0.15, -0.1) is 0 Å². The molecule has 0 radical (unpaired) electrons. The van der Waals surface area contributed by atoms with Crippen LogP contribution in [0.2, 0.25) is 0 Å². The molecule has 7 nitrogen and oxygen atoms in total. The van der Waals surface area contributed by atoms with Crippen molar-refractivity contribution in [3.05, 3.63) is 0 Å². The summed E-state index contributed by atoms with van der Waals surface area (Å²) in [6.07, 6.45) is -4.28. The fraction of sp³-hybridized carbons (Fsp3) is 0.800. The van der Waals surface area contributed by atoms with Gasteiger partial charge < -0.3 is 30.6 Å². The summed E-state index contributed by atoms with van der Waals surface area (Å²) in [7, 11) is 0. The Morgan fingerprint density at radius 1 is 1.00 bits per heavy atom. The first-order valence-electron chi connectivity index (χ1n) is 2.95. The molecule has 0 spiro atoms. The minimum Gasteiger partial charge on any atom is -0.450 e. The number of aliphatic hydroxyl groups excluding tert-OH is 4. The van der Waals surface area contributed by atoms with E-state index in [2.05, 4.69) is 0 Å². The second-order valence-electron chi connectivity index (χ2n) is 1.78. The second kappa shape index (κ2) is 8.21. The van der Waals surface area contributed by atoms with Crippen LogP contribution in [0.1, 0.15) is 0 Å². The molecule has 0 heterocycles. The van der Waals surface area contributed by atoms with Crippen LogP contribution in [0.25, 0.3) is 0 Å². The van der Waals surface area contributed by atoms with Gasteiger partial charge >= 0.3 is 6.16 Å². The highest BCUT2D eigenvalue weighted by molar-refractivity contribution is 5.53. The number of carbonyl (C=O) groups is 1. The van der Waals surface area contributed by atoms with E-state index >= 15 is 0 Å². The van der Waals surface area contributed by atoms with Crippen molar-refractivity contribution < 1.29 is 35.4 Å². The summed E-state index contributed by atoms with van der Waals surface area (Å²) < 4.78 is 0. The van der Waals surface area contributed by atoms with Gasteiger partial charge in [-0.2, -0.15) is 0 Å². The topological polar surface area (TPSA) is 138 Å². The van der Waals surface area contributed by atoms with E-state index in [4.69, 9.17) is 35.4 Å². The zero-order chi connectivity index (χ0) is 10.1. The molecule has 2 atom stereocenters. The van der Waals surface area contributed by atoms with E-state index in [-0.39, 0.29) is 0 Å². The number of rotatable bonds is 3. The Morgan fingerprint density at radius 2 is 1.17 bits per heavy atom. The lowest BCUT2D eigenvalue weighted by Gasteiger charge is -2.10. The highest BCUT2D eigenvalue weighted by atomic mass is 16.6. The van der Waals surface area contributed by atoms with Gasteiger partial charge in [0.1, 0.15) is 12.2 Å². The molecule has 6 N–H and O–H groups in total. The summed E-state index contributed by atoms with van der Waals surface area (Å²) in [5.41, 5.74) is 0. The highest BCUT2D eigenvalue weighted by Crippen LogP contribution is 1.88. The quantitative estimate of drug-likeness (QED) is 0.296. The van der Waals surface area contributed by atoms with Crippen molar-refractivity contribution in [3.8, 4) is 0 Å². The maximum atomic E-state index is 8.56. The third-order valence-electron chi connectivity index (χ3n) is 0.818. The van der Waals surface area contributed by atoms with Crippen LogP contribution in [0.5, 0.6) is 0 Å². The van der Waals surface area contributed by atoms with Crippen molar-refractivity contribution in [2.75, 3.05) is 13.2 Å².